The third kappa shape index (κ3) is 2.87. The van der Waals surface area contributed by atoms with Gasteiger partial charge in [0, 0.05) is 21.0 Å². The molecule has 0 fully saturated rings. The molecule has 1 atom stereocenters. The maximum atomic E-state index is 12.1. The number of esters is 1. The summed E-state index contributed by atoms with van der Waals surface area (Å²) in [6.45, 7) is 3.46. The number of anilines is 1. The van der Waals surface area contributed by atoms with Crippen LogP contribution in [0.2, 0.25) is 0 Å². The van der Waals surface area contributed by atoms with Gasteiger partial charge in [-0.15, -0.1) is 0 Å². The molecule has 2 N–H and O–H groups in total. The fourth-order valence-electron chi connectivity index (χ4n) is 2.07. The predicted molar refractivity (Wildman–Crippen MR) is 80.9 cm³/mol. The molecule has 0 aliphatic rings. The number of nitrogens with one attached hydrogen (secondary N) is 2. The fraction of sp³-hybridized carbons (Fsp3) is 0.538. The van der Waals surface area contributed by atoms with E-state index in [2.05, 4.69) is 15.3 Å². The number of nitrogens with zero attached hydrogens (tertiary/aromatic N) is 3. The summed E-state index contributed by atoms with van der Waals surface area (Å²) < 4.78 is 7.27. The van der Waals surface area contributed by atoms with Crippen LogP contribution in [0.1, 0.15) is 20.3 Å². The van der Waals surface area contributed by atoms with E-state index in [1.54, 1.807) is 7.05 Å². The topological polar surface area (TPSA) is 111 Å². The molecule has 0 radical (unpaired) electrons. The Balaban J connectivity index is 2.35. The van der Waals surface area contributed by atoms with E-state index in [1.807, 2.05) is 6.92 Å². The Labute approximate surface area is 125 Å². The monoisotopic (exact) mass is 309 g/mol. The largest absolute Gasteiger partial charge is 0.464 e. The van der Waals surface area contributed by atoms with Gasteiger partial charge in [-0.3, -0.25) is 18.7 Å². The van der Waals surface area contributed by atoms with Crippen molar-refractivity contribution in [1.29, 1.82) is 0 Å². The normalized spacial score (nSPS) is 12.4. The lowest BCUT2D eigenvalue weighted by atomic mass is 10.2. The number of H-pyrrole nitrogens is 1. The highest BCUT2D eigenvalue weighted by Gasteiger charge is 2.15. The number of fused-ring (bicyclic) bond motifs is 1. The quantitative estimate of drug-likeness (QED) is 0.735. The Morgan fingerprint density at radius 2 is 2.05 bits per heavy atom. The second-order valence-electron chi connectivity index (χ2n) is 5.04. The van der Waals surface area contributed by atoms with Crippen molar-refractivity contribution in [1.82, 2.24) is 19.1 Å². The van der Waals surface area contributed by atoms with E-state index in [9.17, 15) is 14.4 Å². The molecule has 0 saturated heterocycles. The van der Waals surface area contributed by atoms with Crippen molar-refractivity contribution in [2.75, 3.05) is 11.9 Å². The molecule has 0 saturated carbocycles. The minimum Gasteiger partial charge on any atom is -0.464 e. The van der Waals surface area contributed by atoms with Crippen LogP contribution in [-0.2, 0) is 23.6 Å². The maximum Gasteiger partial charge on any atom is 0.332 e. The van der Waals surface area contributed by atoms with Crippen LogP contribution in [0.3, 0.4) is 0 Å². The van der Waals surface area contributed by atoms with Gasteiger partial charge < -0.3 is 15.0 Å². The third-order valence-corrected chi connectivity index (χ3v) is 3.42. The lowest BCUT2D eigenvalue weighted by Crippen LogP contribution is -2.36. The lowest BCUT2D eigenvalue weighted by Gasteiger charge is -2.15. The minimum atomic E-state index is -0.442. The first-order chi connectivity index (χ1) is 10.3. The average molecular weight is 309 g/mol. The van der Waals surface area contributed by atoms with Crippen molar-refractivity contribution in [2.24, 2.45) is 14.1 Å². The summed E-state index contributed by atoms with van der Waals surface area (Å²) in [5.41, 5.74) is -0.360. The first kappa shape index (κ1) is 15.8. The van der Waals surface area contributed by atoms with Gasteiger partial charge in [0.15, 0.2) is 11.2 Å². The molecule has 2 aromatic rings. The van der Waals surface area contributed by atoms with Crippen LogP contribution in [0, 0.1) is 0 Å². The van der Waals surface area contributed by atoms with E-state index in [4.69, 9.17) is 4.74 Å². The first-order valence-corrected chi connectivity index (χ1v) is 6.90. The predicted octanol–water partition coefficient (Wildman–Crippen LogP) is -0.286. The van der Waals surface area contributed by atoms with Crippen molar-refractivity contribution in [2.45, 2.75) is 26.3 Å². The van der Waals surface area contributed by atoms with Gasteiger partial charge in [0.25, 0.3) is 5.56 Å². The van der Waals surface area contributed by atoms with Crippen LogP contribution < -0.4 is 16.6 Å². The fourth-order valence-corrected chi connectivity index (χ4v) is 2.07. The van der Waals surface area contributed by atoms with E-state index in [-0.39, 0.29) is 29.8 Å². The van der Waals surface area contributed by atoms with Crippen molar-refractivity contribution in [3.8, 4) is 0 Å². The van der Waals surface area contributed by atoms with Gasteiger partial charge >= 0.3 is 11.7 Å². The molecule has 22 heavy (non-hydrogen) atoms. The highest BCUT2D eigenvalue weighted by Crippen LogP contribution is 2.10. The van der Waals surface area contributed by atoms with Gasteiger partial charge in [-0.1, -0.05) is 6.92 Å². The SMILES string of the molecule is CC[C@@H](COC(C)=O)Nc1nc2c([nH]1)c(=O)n(C)c(=O)n2C. The molecule has 0 aliphatic heterocycles. The number of imidazole rings is 1. The summed E-state index contributed by atoms with van der Waals surface area (Å²) in [6, 6.07) is -0.148. The molecule has 0 aliphatic carbocycles. The van der Waals surface area contributed by atoms with Crippen molar-refractivity contribution >= 4 is 23.1 Å². The number of rotatable bonds is 5. The third-order valence-electron chi connectivity index (χ3n) is 3.42. The number of aromatic nitrogens is 4. The molecule has 0 spiro atoms. The zero-order valence-corrected chi connectivity index (χ0v) is 13.0. The minimum absolute atomic E-state index is 0.148. The molecule has 2 aromatic heterocycles. The van der Waals surface area contributed by atoms with Gasteiger partial charge in [-0.2, -0.15) is 4.98 Å². The second-order valence-corrected chi connectivity index (χ2v) is 5.04. The molecule has 0 bridgehead atoms. The van der Waals surface area contributed by atoms with E-state index >= 15 is 0 Å². The van der Waals surface area contributed by atoms with Gasteiger partial charge in [-0.05, 0) is 6.42 Å². The molecular formula is C13H19N5O4. The van der Waals surface area contributed by atoms with Crippen LogP contribution in [0.4, 0.5) is 5.95 Å². The van der Waals surface area contributed by atoms with Crippen molar-refractivity contribution in [3.63, 3.8) is 0 Å². The number of hydrogen-bond acceptors (Lipinski definition) is 6. The highest BCUT2D eigenvalue weighted by molar-refractivity contribution is 5.72. The molecule has 120 valence electrons. The summed E-state index contributed by atoms with van der Waals surface area (Å²) >= 11 is 0. The zero-order chi connectivity index (χ0) is 16.4. The molecule has 0 amide bonds. The molecule has 2 rings (SSSR count). The van der Waals surface area contributed by atoms with Gasteiger partial charge in [-0.25, -0.2) is 4.79 Å². The zero-order valence-electron chi connectivity index (χ0n) is 13.0. The lowest BCUT2D eigenvalue weighted by molar-refractivity contribution is -0.141. The Kier molecular flexibility index (Phi) is 4.34. The standard InChI is InChI=1S/C13H19N5O4/c1-5-8(6-22-7(2)19)14-12-15-9-10(16-12)17(3)13(21)18(4)11(9)20/h8H,5-6H2,1-4H3,(H2,14,15,16)/t8-/m0/s1. The number of carbonyl (C=O) groups excluding carboxylic acids is 1. The van der Waals surface area contributed by atoms with Crippen LogP contribution in [0.25, 0.3) is 11.2 Å². The number of hydrogen-bond donors (Lipinski definition) is 2. The average Bonchev–Trinajstić information content (AvgIpc) is 2.91. The molecule has 0 aromatic carbocycles. The Bertz CT molecular complexity index is 816. The smallest absolute Gasteiger partial charge is 0.332 e. The van der Waals surface area contributed by atoms with Gasteiger partial charge in [0.05, 0.1) is 6.04 Å². The highest BCUT2D eigenvalue weighted by atomic mass is 16.5. The van der Waals surface area contributed by atoms with Crippen molar-refractivity contribution < 1.29 is 9.53 Å². The summed E-state index contributed by atoms with van der Waals surface area (Å²) in [6.07, 6.45) is 0.696. The Morgan fingerprint density at radius 3 is 2.64 bits per heavy atom. The molecule has 9 heteroatoms. The Hall–Kier alpha value is -2.58. The summed E-state index contributed by atoms with van der Waals surface area (Å²) in [7, 11) is 2.96. The number of ether oxygens (including phenoxy) is 1. The van der Waals surface area contributed by atoms with E-state index in [0.717, 1.165) is 4.57 Å². The molecule has 2 heterocycles. The molecule has 9 nitrogen and oxygen atoms in total. The first-order valence-electron chi connectivity index (χ1n) is 6.90. The van der Waals surface area contributed by atoms with E-state index in [1.165, 1.54) is 18.5 Å². The summed E-state index contributed by atoms with van der Waals surface area (Å²) in [5.74, 6) is -0.00609. The van der Waals surface area contributed by atoms with Crippen LogP contribution in [0.5, 0.6) is 0 Å². The van der Waals surface area contributed by atoms with Crippen LogP contribution in [0.15, 0.2) is 9.59 Å². The van der Waals surface area contributed by atoms with Gasteiger partial charge in [0.1, 0.15) is 6.61 Å². The van der Waals surface area contributed by atoms with E-state index < -0.39 is 11.2 Å². The number of aryl methyl sites for hydroxylation is 1. The van der Waals surface area contributed by atoms with Crippen LogP contribution in [-0.4, -0.2) is 37.7 Å². The molecular weight excluding hydrogens is 290 g/mol. The Morgan fingerprint density at radius 1 is 1.36 bits per heavy atom. The summed E-state index contributed by atoms with van der Waals surface area (Å²) in [4.78, 5) is 41.9. The maximum absolute atomic E-state index is 12.1. The van der Waals surface area contributed by atoms with Crippen LogP contribution >= 0.6 is 0 Å². The second kappa shape index (κ2) is 6.04. The van der Waals surface area contributed by atoms with Crippen molar-refractivity contribution in [3.05, 3.63) is 20.8 Å². The van der Waals surface area contributed by atoms with E-state index in [0.29, 0.717) is 12.4 Å². The number of aromatic amines is 1. The number of carbonyl (C=O) groups is 1. The van der Waals surface area contributed by atoms with Gasteiger partial charge in [0.2, 0.25) is 5.95 Å². The summed E-state index contributed by atoms with van der Waals surface area (Å²) in [5, 5.41) is 3.06. The molecule has 0 unspecified atom stereocenters.